The van der Waals surface area contributed by atoms with Crippen LogP contribution in [-0.4, -0.2) is 28.4 Å². The predicted octanol–water partition coefficient (Wildman–Crippen LogP) is 2.22. The van der Waals surface area contributed by atoms with E-state index in [2.05, 4.69) is 20.7 Å². The number of nitrogens with one attached hydrogen (secondary N) is 2. The van der Waals surface area contributed by atoms with Gasteiger partial charge in [0.25, 0.3) is 5.91 Å². The van der Waals surface area contributed by atoms with Crippen molar-refractivity contribution in [1.29, 1.82) is 0 Å². The Bertz CT molecular complexity index is 766. The first-order valence-corrected chi connectivity index (χ1v) is 6.03. The Morgan fingerprint density at radius 3 is 2.80 bits per heavy atom. The summed E-state index contributed by atoms with van der Waals surface area (Å²) >= 11 is 0. The van der Waals surface area contributed by atoms with E-state index in [1.165, 1.54) is 0 Å². The molecule has 2 aromatic carbocycles. The number of para-hydroxylation sites is 2. The van der Waals surface area contributed by atoms with Gasteiger partial charge in [-0.25, -0.2) is 0 Å². The molecule has 20 heavy (non-hydrogen) atoms. The Kier molecular flexibility index (Phi) is 3.04. The first kappa shape index (κ1) is 12.2. The van der Waals surface area contributed by atoms with E-state index in [-0.39, 0.29) is 5.91 Å². The lowest BCUT2D eigenvalue weighted by molar-refractivity contribution is 0.102. The molecule has 1 heterocycles. The van der Waals surface area contributed by atoms with Crippen LogP contribution in [0.2, 0.25) is 0 Å². The fourth-order valence-electron chi connectivity index (χ4n) is 1.92. The van der Waals surface area contributed by atoms with Gasteiger partial charge < -0.3 is 10.1 Å². The van der Waals surface area contributed by atoms with Crippen molar-refractivity contribution < 1.29 is 9.53 Å². The standard InChI is InChI=1S/C14H12N4O2/c1-20-13-5-3-2-4-11(13)15-14(19)9-6-7-10-12(8-9)17-18-16-10/h2-8H,1H3,(H,15,19)(H,16,17,18). The van der Waals surface area contributed by atoms with E-state index < -0.39 is 0 Å². The summed E-state index contributed by atoms with van der Waals surface area (Å²) in [5.41, 5.74) is 2.51. The van der Waals surface area contributed by atoms with Crippen LogP contribution in [0.25, 0.3) is 11.0 Å². The van der Waals surface area contributed by atoms with Crippen LogP contribution < -0.4 is 10.1 Å². The minimum absolute atomic E-state index is 0.223. The molecule has 0 saturated carbocycles. The largest absolute Gasteiger partial charge is 0.495 e. The van der Waals surface area contributed by atoms with E-state index in [4.69, 9.17) is 4.74 Å². The molecule has 100 valence electrons. The molecule has 0 aliphatic heterocycles. The monoisotopic (exact) mass is 268 g/mol. The lowest BCUT2D eigenvalue weighted by Gasteiger charge is -2.09. The van der Waals surface area contributed by atoms with Crippen LogP contribution in [0.15, 0.2) is 42.5 Å². The van der Waals surface area contributed by atoms with Gasteiger partial charge in [0.05, 0.1) is 12.8 Å². The Morgan fingerprint density at radius 2 is 1.95 bits per heavy atom. The fourth-order valence-corrected chi connectivity index (χ4v) is 1.92. The highest BCUT2D eigenvalue weighted by atomic mass is 16.5. The molecule has 0 fully saturated rings. The van der Waals surface area contributed by atoms with Gasteiger partial charge in [0.1, 0.15) is 16.8 Å². The van der Waals surface area contributed by atoms with Gasteiger partial charge in [-0.1, -0.05) is 12.1 Å². The second kappa shape index (κ2) is 5.00. The SMILES string of the molecule is COc1ccccc1NC(=O)c1ccc2n[nH]nc2c1. The highest BCUT2D eigenvalue weighted by Gasteiger charge is 2.10. The summed E-state index contributed by atoms with van der Waals surface area (Å²) in [6.45, 7) is 0. The van der Waals surface area contributed by atoms with E-state index in [9.17, 15) is 4.79 Å². The van der Waals surface area contributed by atoms with E-state index in [0.717, 1.165) is 5.52 Å². The number of anilines is 1. The van der Waals surface area contributed by atoms with Crippen molar-refractivity contribution in [3.8, 4) is 5.75 Å². The number of fused-ring (bicyclic) bond motifs is 1. The summed E-state index contributed by atoms with van der Waals surface area (Å²) in [4.78, 5) is 12.2. The molecule has 0 spiro atoms. The number of rotatable bonds is 3. The van der Waals surface area contributed by atoms with Crippen LogP contribution in [0.3, 0.4) is 0 Å². The zero-order valence-corrected chi connectivity index (χ0v) is 10.8. The van der Waals surface area contributed by atoms with Gasteiger partial charge in [0.15, 0.2) is 0 Å². The molecule has 0 aliphatic rings. The first-order chi connectivity index (χ1) is 9.78. The average Bonchev–Trinajstić information content (AvgIpc) is 2.95. The van der Waals surface area contributed by atoms with E-state index in [1.807, 2.05) is 12.1 Å². The van der Waals surface area contributed by atoms with Crippen molar-refractivity contribution in [2.45, 2.75) is 0 Å². The number of hydrogen-bond acceptors (Lipinski definition) is 4. The Labute approximate surface area is 114 Å². The summed E-state index contributed by atoms with van der Waals surface area (Å²) in [5.74, 6) is 0.391. The molecular formula is C14H12N4O2. The van der Waals surface area contributed by atoms with Gasteiger partial charge >= 0.3 is 0 Å². The topological polar surface area (TPSA) is 79.9 Å². The van der Waals surface area contributed by atoms with E-state index in [1.54, 1.807) is 37.4 Å². The van der Waals surface area contributed by atoms with Gasteiger partial charge in [-0.05, 0) is 30.3 Å². The molecule has 3 aromatic rings. The summed E-state index contributed by atoms with van der Waals surface area (Å²) in [6, 6.07) is 12.4. The number of carbonyl (C=O) groups is 1. The number of ether oxygens (including phenoxy) is 1. The molecule has 3 rings (SSSR count). The molecule has 0 atom stereocenters. The molecule has 2 N–H and O–H groups in total. The van der Waals surface area contributed by atoms with Crippen LogP contribution >= 0.6 is 0 Å². The third-order valence-electron chi connectivity index (χ3n) is 2.93. The molecule has 0 saturated heterocycles. The number of hydrogen-bond donors (Lipinski definition) is 2. The summed E-state index contributed by atoms with van der Waals surface area (Å²) in [6.07, 6.45) is 0. The van der Waals surface area contributed by atoms with Gasteiger partial charge in [0, 0.05) is 5.56 Å². The van der Waals surface area contributed by atoms with Crippen LogP contribution in [-0.2, 0) is 0 Å². The van der Waals surface area contributed by atoms with Crippen LogP contribution in [0, 0.1) is 0 Å². The molecule has 0 bridgehead atoms. The minimum atomic E-state index is -0.223. The summed E-state index contributed by atoms with van der Waals surface area (Å²) in [7, 11) is 1.56. The van der Waals surface area contributed by atoms with Gasteiger partial charge in [-0.15, -0.1) is 0 Å². The van der Waals surface area contributed by atoms with Crippen molar-refractivity contribution in [2.24, 2.45) is 0 Å². The highest BCUT2D eigenvalue weighted by Crippen LogP contribution is 2.23. The number of aromatic amines is 1. The van der Waals surface area contributed by atoms with E-state index >= 15 is 0 Å². The fraction of sp³-hybridized carbons (Fsp3) is 0.0714. The third-order valence-corrected chi connectivity index (χ3v) is 2.93. The van der Waals surface area contributed by atoms with Crippen molar-refractivity contribution in [3.05, 3.63) is 48.0 Å². The number of H-pyrrole nitrogens is 1. The lowest BCUT2D eigenvalue weighted by Crippen LogP contribution is -2.12. The lowest BCUT2D eigenvalue weighted by atomic mass is 10.2. The molecule has 0 unspecified atom stereocenters. The van der Waals surface area contributed by atoms with Gasteiger partial charge in [-0.2, -0.15) is 15.4 Å². The highest BCUT2D eigenvalue weighted by molar-refractivity contribution is 6.06. The number of aromatic nitrogens is 3. The second-order valence-corrected chi connectivity index (χ2v) is 4.18. The zero-order valence-electron chi connectivity index (χ0n) is 10.8. The normalized spacial score (nSPS) is 10.4. The minimum Gasteiger partial charge on any atom is -0.495 e. The quantitative estimate of drug-likeness (QED) is 0.763. The van der Waals surface area contributed by atoms with Crippen molar-refractivity contribution in [3.63, 3.8) is 0 Å². The number of methoxy groups -OCH3 is 1. The maximum absolute atomic E-state index is 12.2. The first-order valence-electron chi connectivity index (χ1n) is 6.03. The molecule has 0 radical (unpaired) electrons. The number of nitrogens with zero attached hydrogens (tertiary/aromatic N) is 2. The number of benzene rings is 2. The van der Waals surface area contributed by atoms with E-state index in [0.29, 0.717) is 22.5 Å². The Balaban J connectivity index is 1.88. The molecule has 1 aromatic heterocycles. The maximum atomic E-state index is 12.2. The van der Waals surface area contributed by atoms with Crippen LogP contribution in [0.5, 0.6) is 5.75 Å². The average molecular weight is 268 g/mol. The zero-order chi connectivity index (χ0) is 13.9. The second-order valence-electron chi connectivity index (χ2n) is 4.18. The van der Waals surface area contributed by atoms with Crippen molar-refractivity contribution >= 4 is 22.6 Å². The van der Waals surface area contributed by atoms with Crippen LogP contribution in [0.4, 0.5) is 5.69 Å². The van der Waals surface area contributed by atoms with Gasteiger partial charge in [0.2, 0.25) is 0 Å². The van der Waals surface area contributed by atoms with Gasteiger partial charge in [-0.3, -0.25) is 4.79 Å². The maximum Gasteiger partial charge on any atom is 0.255 e. The molecule has 6 nitrogen and oxygen atoms in total. The predicted molar refractivity (Wildman–Crippen MR) is 74.8 cm³/mol. The third kappa shape index (κ3) is 2.18. The molecule has 1 amide bonds. The van der Waals surface area contributed by atoms with Crippen molar-refractivity contribution in [1.82, 2.24) is 15.4 Å². The number of amides is 1. The Hall–Kier alpha value is -2.89. The summed E-state index contributed by atoms with van der Waals surface area (Å²) < 4.78 is 5.20. The Morgan fingerprint density at radius 1 is 1.15 bits per heavy atom. The molecular weight excluding hydrogens is 256 g/mol. The number of carbonyl (C=O) groups excluding carboxylic acids is 1. The molecule has 6 heteroatoms. The molecule has 0 aliphatic carbocycles. The summed E-state index contributed by atoms with van der Waals surface area (Å²) in [5, 5.41) is 13.2. The van der Waals surface area contributed by atoms with Crippen LogP contribution in [0.1, 0.15) is 10.4 Å². The van der Waals surface area contributed by atoms with Crippen molar-refractivity contribution in [2.75, 3.05) is 12.4 Å². The smallest absolute Gasteiger partial charge is 0.255 e.